The lowest BCUT2D eigenvalue weighted by Gasteiger charge is -2.32. The molecule has 0 spiro atoms. The zero-order chi connectivity index (χ0) is 19.4. The number of aldehydes is 2. The molecule has 0 aromatic carbocycles. The highest BCUT2D eigenvalue weighted by atomic mass is 16.3. The molecule has 1 atom stereocenters. The van der Waals surface area contributed by atoms with Gasteiger partial charge in [-0.1, -0.05) is 0 Å². The zero-order valence-electron chi connectivity index (χ0n) is 15.0. The fourth-order valence-corrected chi connectivity index (χ4v) is 2.06. The molecule has 0 aromatic rings. The first-order valence-electron chi connectivity index (χ1n) is 7.83. The van der Waals surface area contributed by atoms with Crippen LogP contribution in [0, 0.1) is 0 Å². The first-order valence-corrected chi connectivity index (χ1v) is 7.83. The second-order valence-electron chi connectivity index (χ2n) is 5.77. The zero-order valence-corrected chi connectivity index (χ0v) is 15.0. The van der Waals surface area contributed by atoms with E-state index in [2.05, 4.69) is 0 Å². The Morgan fingerprint density at radius 1 is 0.920 bits per heavy atom. The van der Waals surface area contributed by atoms with Crippen molar-refractivity contribution in [3.8, 4) is 0 Å². The minimum atomic E-state index is -0.429. The molecule has 144 valence electrons. The van der Waals surface area contributed by atoms with Crippen LogP contribution in [0.15, 0.2) is 0 Å². The minimum Gasteiger partial charge on any atom is -0.376 e. The van der Waals surface area contributed by atoms with E-state index in [1.807, 2.05) is 0 Å². The normalized spacial score (nSPS) is 12.1. The standard InChI is InChI=1S/C15H28N4O6/c1-13(19(5-7-21)10-15(25)17(3)12-23)8-18(4-6-20)9-14(24)16(2)11-22/h6-7,13,22-23H,4-5,8-12H2,1-3H3. The fraction of sp³-hybridized carbons (Fsp3) is 0.733. The van der Waals surface area contributed by atoms with Crippen molar-refractivity contribution in [2.24, 2.45) is 0 Å². The number of amides is 2. The Balaban J connectivity index is 4.91. The van der Waals surface area contributed by atoms with Gasteiger partial charge in [0.1, 0.15) is 26.0 Å². The summed E-state index contributed by atoms with van der Waals surface area (Å²) in [5.41, 5.74) is 0. The number of likely N-dealkylation sites (N-methyl/N-ethyl adjacent to an activating group) is 2. The Labute approximate surface area is 147 Å². The van der Waals surface area contributed by atoms with Crippen molar-refractivity contribution in [3.05, 3.63) is 0 Å². The van der Waals surface area contributed by atoms with Gasteiger partial charge < -0.3 is 29.6 Å². The summed E-state index contributed by atoms with van der Waals surface area (Å²) >= 11 is 0. The number of aliphatic hydroxyl groups is 2. The number of hydrogen-bond acceptors (Lipinski definition) is 8. The van der Waals surface area contributed by atoms with Crippen LogP contribution in [-0.4, -0.2) is 121 Å². The van der Waals surface area contributed by atoms with Gasteiger partial charge in [-0.15, -0.1) is 0 Å². The molecule has 10 heteroatoms. The van der Waals surface area contributed by atoms with Gasteiger partial charge in [0.25, 0.3) is 0 Å². The fourth-order valence-electron chi connectivity index (χ4n) is 2.06. The van der Waals surface area contributed by atoms with Gasteiger partial charge in [-0.05, 0) is 6.92 Å². The Morgan fingerprint density at radius 3 is 1.84 bits per heavy atom. The lowest BCUT2D eigenvalue weighted by molar-refractivity contribution is -0.137. The molecule has 0 fully saturated rings. The molecule has 0 saturated carbocycles. The quantitative estimate of drug-likeness (QED) is 0.267. The molecule has 0 aromatic heterocycles. The maximum Gasteiger partial charge on any atom is 0.238 e. The summed E-state index contributed by atoms with van der Waals surface area (Å²) < 4.78 is 0. The molecule has 0 bridgehead atoms. The van der Waals surface area contributed by atoms with Crippen LogP contribution in [-0.2, 0) is 19.2 Å². The molecule has 2 amide bonds. The molecule has 0 aliphatic rings. The van der Waals surface area contributed by atoms with E-state index in [1.165, 1.54) is 14.1 Å². The van der Waals surface area contributed by atoms with Gasteiger partial charge in [0.05, 0.1) is 26.2 Å². The van der Waals surface area contributed by atoms with E-state index in [0.29, 0.717) is 12.6 Å². The van der Waals surface area contributed by atoms with Crippen molar-refractivity contribution < 1.29 is 29.4 Å². The summed E-state index contributed by atoms with van der Waals surface area (Å²) in [5, 5.41) is 18.0. The predicted octanol–water partition coefficient (Wildman–Crippen LogP) is -2.81. The summed E-state index contributed by atoms with van der Waals surface area (Å²) in [6.45, 7) is 1.06. The lowest BCUT2D eigenvalue weighted by atomic mass is 10.2. The third-order valence-corrected chi connectivity index (χ3v) is 3.76. The van der Waals surface area contributed by atoms with E-state index >= 15 is 0 Å². The first kappa shape index (κ1) is 23.1. The van der Waals surface area contributed by atoms with Crippen molar-refractivity contribution in [1.29, 1.82) is 0 Å². The van der Waals surface area contributed by atoms with Gasteiger partial charge in [-0.3, -0.25) is 19.4 Å². The monoisotopic (exact) mass is 360 g/mol. The van der Waals surface area contributed by atoms with Crippen molar-refractivity contribution in [2.75, 3.05) is 60.3 Å². The van der Waals surface area contributed by atoms with Gasteiger partial charge in [0.15, 0.2) is 0 Å². The highest BCUT2D eigenvalue weighted by Gasteiger charge is 2.22. The van der Waals surface area contributed by atoms with E-state index in [4.69, 9.17) is 10.2 Å². The first-order chi connectivity index (χ1) is 11.8. The SMILES string of the molecule is CC(CN(CC=O)CC(=O)N(C)CO)N(CC=O)CC(=O)N(C)CO. The van der Waals surface area contributed by atoms with E-state index in [0.717, 1.165) is 9.80 Å². The molecule has 10 nitrogen and oxygen atoms in total. The maximum absolute atomic E-state index is 11.9. The smallest absolute Gasteiger partial charge is 0.238 e. The van der Waals surface area contributed by atoms with E-state index < -0.39 is 13.5 Å². The molecule has 0 saturated heterocycles. The van der Waals surface area contributed by atoms with Gasteiger partial charge in [0.2, 0.25) is 11.8 Å². The molecule has 0 rings (SSSR count). The maximum atomic E-state index is 11.9. The van der Waals surface area contributed by atoms with Crippen LogP contribution in [0.4, 0.5) is 0 Å². The van der Waals surface area contributed by atoms with Crippen LogP contribution < -0.4 is 0 Å². The van der Waals surface area contributed by atoms with E-state index in [-0.39, 0.29) is 50.6 Å². The number of aliphatic hydroxyl groups excluding tert-OH is 2. The van der Waals surface area contributed by atoms with Crippen molar-refractivity contribution in [1.82, 2.24) is 19.6 Å². The van der Waals surface area contributed by atoms with Crippen molar-refractivity contribution in [2.45, 2.75) is 13.0 Å². The number of hydrogen-bond donors (Lipinski definition) is 2. The number of carbonyl (C=O) groups is 4. The molecule has 0 heterocycles. The molecule has 1 unspecified atom stereocenters. The summed E-state index contributed by atoms with van der Waals surface area (Å²) in [7, 11) is 2.88. The van der Waals surface area contributed by atoms with Gasteiger partial charge in [0, 0.05) is 26.7 Å². The van der Waals surface area contributed by atoms with E-state index in [9.17, 15) is 19.2 Å². The Hall–Kier alpha value is -1.88. The van der Waals surface area contributed by atoms with Gasteiger partial charge in [-0.25, -0.2) is 0 Å². The summed E-state index contributed by atoms with van der Waals surface area (Å²) in [6, 6.07) is -0.298. The predicted molar refractivity (Wildman–Crippen MR) is 89.3 cm³/mol. The topological polar surface area (TPSA) is 122 Å². The van der Waals surface area contributed by atoms with Crippen LogP contribution >= 0.6 is 0 Å². The third-order valence-electron chi connectivity index (χ3n) is 3.76. The summed E-state index contributed by atoms with van der Waals surface area (Å²) in [6.07, 6.45) is 1.32. The molecule has 2 N–H and O–H groups in total. The van der Waals surface area contributed by atoms with Crippen molar-refractivity contribution in [3.63, 3.8) is 0 Å². The Bertz CT molecular complexity index is 448. The van der Waals surface area contributed by atoms with Crippen LogP contribution in [0.5, 0.6) is 0 Å². The van der Waals surface area contributed by atoms with Gasteiger partial charge in [-0.2, -0.15) is 0 Å². The van der Waals surface area contributed by atoms with Crippen LogP contribution in [0.1, 0.15) is 6.92 Å². The summed E-state index contributed by atoms with van der Waals surface area (Å²) in [4.78, 5) is 51.0. The highest BCUT2D eigenvalue weighted by molar-refractivity contribution is 5.78. The molecular weight excluding hydrogens is 332 g/mol. The minimum absolute atomic E-state index is 0.00555. The average molecular weight is 360 g/mol. The summed E-state index contributed by atoms with van der Waals surface area (Å²) in [5.74, 6) is -0.705. The molecule has 0 aliphatic heterocycles. The molecular formula is C15H28N4O6. The molecule has 25 heavy (non-hydrogen) atoms. The number of carbonyl (C=O) groups excluding carboxylic acids is 4. The lowest BCUT2D eigenvalue weighted by Crippen LogP contribution is -2.49. The second-order valence-corrected chi connectivity index (χ2v) is 5.77. The van der Waals surface area contributed by atoms with E-state index in [1.54, 1.807) is 16.7 Å². The largest absolute Gasteiger partial charge is 0.376 e. The Morgan fingerprint density at radius 2 is 1.40 bits per heavy atom. The number of nitrogens with zero attached hydrogens (tertiary/aromatic N) is 4. The van der Waals surface area contributed by atoms with Crippen molar-refractivity contribution >= 4 is 24.4 Å². The Kier molecular flexibility index (Phi) is 11.5. The third kappa shape index (κ3) is 8.68. The molecule has 0 radical (unpaired) electrons. The van der Waals surface area contributed by atoms with Crippen LogP contribution in [0.25, 0.3) is 0 Å². The van der Waals surface area contributed by atoms with Crippen LogP contribution in [0.3, 0.4) is 0 Å². The van der Waals surface area contributed by atoms with Crippen LogP contribution in [0.2, 0.25) is 0 Å². The highest BCUT2D eigenvalue weighted by Crippen LogP contribution is 2.03. The second kappa shape index (κ2) is 12.5. The average Bonchev–Trinajstić information content (AvgIpc) is 2.59. The molecule has 0 aliphatic carbocycles. The van der Waals surface area contributed by atoms with Gasteiger partial charge >= 0.3 is 0 Å². The number of rotatable bonds is 13.